The topological polar surface area (TPSA) is 28.7 Å². The summed E-state index contributed by atoms with van der Waals surface area (Å²) < 4.78 is 13.8. The van der Waals surface area contributed by atoms with Gasteiger partial charge in [0.25, 0.3) is 0 Å². The number of hydrogen-bond acceptors (Lipinski definition) is 1. The Labute approximate surface area is 152 Å². The third kappa shape index (κ3) is 2.28. The average Bonchev–Trinajstić information content (AvgIpc) is 3.16. The Morgan fingerprint density at radius 1 is 1.04 bits per heavy atom. The Morgan fingerprint density at radius 3 is 2.73 bits per heavy atom. The van der Waals surface area contributed by atoms with Crippen molar-refractivity contribution in [2.75, 3.05) is 0 Å². The summed E-state index contributed by atoms with van der Waals surface area (Å²) in [6.45, 7) is 2.08. The van der Waals surface area contributed by atoms with E-state index in [1.807, 2.05) is 12.3 Å². The zero-order chi connectivity index (χ0) is 17.7. The van der Waals surface area contributed by atoms with Crippen molar-refractivity contribution < 1.29 is 4.39 Å². The van der Waals surface area contributed by atoms with Gasteiger partial charge in [-0.15, -0.1) is 0 Å². The lowest BCUT2D eigenvalue weighted by Gasteiger charge is -2.23. The molecule has 0 bridgehead atoms. The van der Waals surface area contributed by atoms with Crippen LogP contribution in [0.4, 0.5) is 4.39 Å². The van der Waals surface area contributed by atoms with Crippen molar-refractivity contribution in [2.24, 2.45) is 0 Å². The Bertz CT molecular complexity index is 1150. The fourth-order valence-corrected chi connectivity index (χ4v) is 4.47. The number of aryl methyl sites for hydroxylation is 1. The van der Waals surface area contributed by atoms with Crippen molar-refractivity contribution in [2.45, 2.75) is 32.5 Å². The summed E-state index contributed by atoms with van der Waals surface area (Å²) in [4.78, 5) is 8.41. The molecule has 4 heteroatoms. The van der Waals surface area contributed by atoms with E-state index >= 15 is 0 Å². The van der Waals surface area contributed by atoms with Crippen LogP contribution in [0.2, 0.25) is 6.82 Å². The Hall–Kier alpha value is -2.62. The van der Waals surface area contributed by atoms with Crippen LogP contribution >= 0.6 is 0 Å². The van der Waals surface area contributed by atoms with Crippen LogP contribution in [-0.4, -0.2) is 17.2 Å². The van der Waals surface area contributed by atoms with E-state index in [1.165, 1.54) is 34.7 Å². The van der Waals surface area contributed by atoms with E-state index in [4.69, 9.17) is 4.98 Å². The molecule has 1 N–H and O–H groups in total. The van der Waals surface area contributed by atoms with Crippen molar-refractivity contribution in [3.63, 3.8) is 0 Å². The van der Waals surface area contributed by atoms with Crippen LogP contribution < -0.4 is 5.46 Å². The van der Waals surface area contributed by atoms with Gasteiger partial charge in [0.2, 0.25) is 0 Å². The molecule has 0 amide bonds. The molecule has 0 saturated carbocycles. The summed E-state index contributed by atoms with van der Waals surface area (Å²) in [5, 5.41) is 2.55. The number of aromatic amines is 1. The highest BCUT2D eigenvalue weighted by Crippen LogP contribution is 2.37. The highest BCUT2D eigenvalue weighted by Gasteiger charge is 2.22. The summed E-state index contributed by atoms with van der Waals surface area (Å²) in [6.07, 6.45) is 6.56. The molecule has 5 rings (SSSR count). The number of hydrogen-bond donors (Lipinski definition) is 1. The van der Waals surface area contributed by atoms with E-state index in [0.29, 0.717) is 0 Å². The molecule has 0 unspecified atom stereocenters. The third-order valence-corrected chi connectivity index (χ3v) is 5.70. The first-order chi connectivity index (χ1) is 12.8. The molecule has 0 spiro atoms. The summed E-state index contributed by atoms with van der Waals surface area (Å²) in [6, 6.07) is 11.5. The van der Waals surface area contributed by atoms with Crippen LogP contribution in [0.5, 0.6) is 0 Å². The largest absolute Gasteiger partial charge is 0.361 e. The fourth-order valence-electron chi connectivity index (χ4n) is 4.47. The molecular weight excluding hydrogens is 322 g/mol. The van der Waals surface area contributed by atoms with E-state index < -0.39 is 0 Å². The number of nitrogens with one attached hydrogen (secondary N) is 1. The first-order valence-corrected chi connectivity index (χ1v) is 9.46. The molecular formula is C22H20BFN2. The van der Waals surface area contributed by atoms with Gasteiger partial charge in [-0.1, -0.05) is 18.4 Å². The van der Waals surface area contributed by atoms with Gasteiger partial charge in [0.1, 0.15) is 5.82 Å². The number of fused-ring (bicyclic) bond motifs is 5. The highest BCUT2D eigenvalue weighted by molar-refractivity contribution is 6.54. The lowest BCUT2D eigenvalue weighted by molar-refractivity contribution is 0.629. The van der Waals surface area contributed by atoms with Gasteiger partial charge in [-0.25, -0.2) is 9.37 Å². The normalized spacial score (nSPS) is 13.9. The lowest BCUT2D eigenvalue weighted by Crippen LogP contribution is -2.17. The summed E-state index contributed by atoms with van der Waals surface area (Å²) in [7, 11) is 0.804. The molecule has 4 aromatic rings. The second-order valence-corrected chi connectivity index (χ2v) is 7.18. The SMILES string of the molecule is CBc1cc(F)ccc1-c1nc2ccc3[nH]ccc3c2c2c1CCCC2. The number of rotatable bonds is 2. The van der Waals surface area contributed by atoms with Gasteiger partial charge in [-0.05, 0) is 72.7 Å². The van der Waals surface area contributed by atoms with Crippen molar-refractivity contribution in [3.05, 3.63) is 59.5 Å². The maximum Gasteiger partial charge on any atom is 0.155 e. The molecule has 0 radical (unpaired) electrons. The second-order valence-electron chi connectivity index (χ2n) is 7.18. The van der Waals surface area contributed by atoms with E-state index in [1.54, 1.807) is 12.1 Å². The Morgan fingerprint density at radius 2 is 1.88 bits per heavy atom. The van der Waals surface area contributed by atoms with Crippen LogP contribution in [0.1, 0.15) is 24.0 Å². The first-order valence-electron chi connectivity index (χ1n) is 9.46. The van der Waals surface area contributed by atoms with Crippen LogP contribution in [0, 0.1) is 5.82 Å². The molecule has 0 fully saturated rings. The van der Waals surface area contributed by atoms with E-state index in [2.05, 4.69) is 30.0 Å². The van der Waals surface area contributed by atoms with Gasteiger partial charge in [-0.2, -0.15) is 0 Å². The van der Waals surface area contributed by atoms with E-state index in [0.717, 1.165) is 47.9 Å². The molecule has 2 aromatic carbocycles. The lowest BCUT2D eigenvalue weighted by atomic mass is 9.69. The van der Waals surface area contributed by atoms with Crippen molar-refractivity contribution in [1.29, 1.82) is 0 Å². The van der Waals surface area contributed by atoms with E-state index in [9.17, 15) is 4.39 Å². The number of H-pyrrole nitrogens is 1. The third-order valence-electron chi connectivity index (χ3n) is 5.70. The summed E-state index contributed by atoms with van der Waals surface area (Å²) in [5.74, 6) is -0.172. The summed E-state index contributed by atoms with van der Waals surface area (Å²) in [5.41, 5.74) is 8.18. The van der Waals surface area contributed by atoms with Crippen LogP contribution in [0.15, 0.2) is 42.6 Å². The van der Waals surface area contributed by atoms with Gasteiger partial charge >= 0.3 is 0 Å². The molecule has 26 heavy (non-hydrogen) atoms. The predicted molar refractivity (Wildman–Crippen MR) is 108 cm³/mol. The number of aromatic nitrogens is 2. The van der Waals surface area contributed by atoms with Gasteiger partial charge < -0.3 is 4.98 Å². The molecule has 1 aliphatic carbocycles. The van der Waals surface area contributed by atoms with Crippen molar-refractivity contribution in [3.8, 4) is 11.3 Å². The maximum absolute atomic E-state index is 13.8. The predicted octanol–water partition coefficient (Wildman–Crippen LogP) is 4.51. The molecule has 0 atom stereocenters. The van der Waals surface area contributed by atoms with Crippen LogP contribution in [0.3, 0.4) is 0 Å². The minimum absolute atomic E-state index is 0.172. The quantitative estimate of drug-likeness (QED) is 0.534. The molecule has 128 valence electrons. The van der Waals surface area contributed by atoms with Crippen LogP contribution in [0.25, 0.3) is 33.1 Å². The molecule has 0 aliphatic heterocycles. The molecule has 0 saturated heterocycles. The summed E-state index contributed by atoms with van der Waals surface area (Å²) >= 11 is 0. The molecule has 2 nitrogen and oxygen atoms in total. The Kier molecular flexibility index (Phi) is 3.59. The Balaban J connectivity index is 1.88. The van der Waals surface area contributed by atoms with Crippen LogP contribution in [-0.2, 0) is 12.8 Å². The minimum Gasteiger partial charge on any atom is -0.361 e. The van der Waals surface area contributed by atoms with Gasteiger partial charge in [0, 0.05) is 22.5 Å². The number of benzene rings is 2. The zero-order valence-electron chi connectivity index (χ0n) is 14.9. The second kappa shape index (κ2) is 5.98. The van der Waals surface area contributed by atoms with Gasteiger partial charge in [0.15, 0.2) is 7.28 Å². The molecule has 2 aromatic heterocycles. The van der Waals surface area contributed by atoms with Crippen molar-refractivity contribution >= 4 is 34.5 Å². The molecule has 2 heterocycles. The highest BCUT2D eigenvalue weighted by atomic mass is 19.1. The van der Waals surface area contributed by atoms with Gasteiger partial charge in [0.05, 0.1) is 11.2 Å². The zero-order valence-corrected chi connectivity index (χ0v) is 14.9. The fraction of sp³-hybridized carbons (Fsp3) is 0.227. The van der Waals surface area contributed by atoms with Gasteiger partial charge in [-0.3, -0.25) is 0 Å². The first kappa shape index (κ1) is 15.6. The smallest absolute Gasteiger partial charge is 0.155 e. The number of pyridine rings is 1. The average molecular weight is 342 g/mol. The standard InChI is InChI=1S/C22H20BFN2/c1-23-18-12-13(24)6-7-16(18)22-15-5-3-2-4-14(15)21-17-10-11-25-19(17)8-9-20(21)26-22/h6-12,23,25H,2-5H2,1H3. The van der Waals surface area contributed by atoms with E-state index in [-0.39, 0.29) is 5.82 Å². The number of halogens is 1. The van der Waals surface area contributed by atoms with Crippen molar-refractivity contribution in [1.82, 2.24) is 9.97 Å². The minimum atomic E-state index is -0.172. The maximum atomic E-state index is 13.8. The number of nitrogens with zero attached hydrogens (tertiary/aromatic N) is 1. The monoisotopic (exact) mass is 342 g/mol. The molecule has 1 aliphatic rings.